The average molecular weight is 530 g/mol. The predicted molar refractivity (Wildman–Crippen MR) is 147 cm³/mol. The first kappa shape index (κ1) is 24.1. The summed E-state index contributed by atoms with van der Waals surface area (Å²) in [5, 5.41) is 7.63. The van der Waals surface area contributed by atoms with Gasteiger partial charge in [0.05, 0.1) is 23.3 Å². The van der Waals surface area contributed by atoms with Gasteiger partial charge in [-0.25, -0.2) is 23.7 Å². The van der Waals surface area contributed by atoms with Crippen molar-refractivity contribution in [1.29, 1.82) is 0 Å². The predicted octanol–water partition coefficient (Wildman–Crippen LogP) is 4.16. The summed E-state index contributed by atoms with van der Waals surface area (Å²) in [6, 6.07) is 13.8. The molecule has 0 radical (unpaired) electrons. The highest BCUT2D eigenvalue weighted by molar-refractivity contribution is 5.94. The molecule has 2 aliphatic rings. The molecule has 0 bridgehead atoms. The van der Waals surface area contributed by atoms with Crippen LogP contribution in [0.5, 0.6) is 0 Å². The molecule has 2 N–H and O–H groups in total. The van der Waals surface area contributed by atoms with Gasteiger partial charge in [-0.3, -0.25) is 10.00 Å². The molecule has 7 rings (SSSR count). The summed E-state index contributed by atoms with van der Waals surface area (Å²) >= 11 is 0. The van der Waals surface area contributed by atoms with E-state index in [-0.39, 0.29) is 13.0 Å². The molecule has 0 atom stereocenters. The Hall–Kier alpha value is -3.96. The third-order valence-electron chi connectivity index (χ3n) is 7.69. The molecule has 0 unspecified atom stereocenters. The fourth-order valence-corrected chi connectivity index (χ4v) is 5.54. The minimum absolute atomic E-state index is 0.0805. The van der Waals surface area contributed by atoms with Gasteiger partial charge in [-0.2, -0.15) is 5.10 Å². The number of fused-ring (bicyclic) bond motifs is 2. The molecule has 5 aromatic rings. The number of pyridine rings is 2. The van der Waals surface area contributed by atoms with Crippen LogP contribution in [0, 0.1) is 0 Å². The Balaban J connectivity index is 1.21. The highest BCUT2D eigenvalue weighted by Gasteiger charge is 2.37. The second kappa shape index (κ2) is 9.35. The summed E-state index contributed by atoms with van der Waals surface area (Å²) in [5.41, 5.74) is 6.59. The van der Waals surface area contributed by atoms with E-state index in [2.05, 4.69) is 37.0 Å². The number of nitrogens with zero attached hydrogens (tertiary/aromatic N) is 7. The van der Waals surface area contributed by atoms with Crippen LogP contribution in [0.15, 0.2) is 48.7 Å². The second-order valence-corrected chi connectivity index (χ2v) is 10.6. The van der Waals surface area contributed by atoms with Crippen molar-refractivity contribution in [3.63, 3.8) is 0 Å². The molecule has 0 aliphatic carbocycles. The number of hydrogen-bond acceptors (Lipinski definition) is 7. The highest BCUT2D eigenvalue weighted by atomic mass is 19.3. The Morgan fingerprint density at radius 2 is 1.82 bits per heavy atom. The molecular weight excluding hydrogens is 500 g/mol. The van der Waals surface area contributed by atoms with E-state index in [1.807, 2.05) is 48.7 Å². The Labute approximate surface area is 223 Å². The zero-order valence-corrected chi connectivity index (χ0v) is 21.7. The van der Waals surface area contributed by atoms with Crippen molar-refractivity contribution in [3.8, 4) is 22.8 Å². The number of halogens is 2. The Morgan fingerprint density at radius 1 is 0.949 bits per heavy atom. The van der Waals surface area contributed by atoms with Crippen molar-refractivity contribution in [1.82, 2.24) is 39.9 Å². The first-order chi connectivity index (χ1) is 18.9. The first-order valence-electron chi connectivity index (χ1n) is 13.3. The number of nitrogens with one attached hydrogen (secondary N) is 2. The van der Waals surface area contributed by atoms with Gasteiger partial charge in [-0.05, 0) is 36.9 Å². The molecule has 2 aliphatic heterocycles. The van der Waals surface area contributed by atoms with E-state index < -0.39 is 5.92 Å². The van der Waals surface area contributed by atoms with E-state index in [1.165, 1.54) is 0 Å². The maximum Gasteiger partial charge on any atom is 0.261 e. The SMILES string of the molecule is CN1CCN(c2nccc3[nH]c(-c4n[nH]c5ccc(-c6cccc(CN7CCC(F)(F)C7)c6)nc45)nc23)CC1. The number of rotatable bonds is 5. The van der Waals surface area contributed by atoms with Crippen LogP contribution in [0.3, 0.4) is 0 Å². The molecule has 0 amide bonds. The van der Waals surface area contributed by atoms with Crippen LogP contribution in [0.1, 0.15) is 12.0 Å². The van der Waals surface area contributed by atoms with Gasteiger partial charge in [0.2, 0.25) is 0 Å². The summed E-state index contributed by atoms with van der Waals surface area (Å²) < 4.78 is 27.3. The lowest BCUT2D eigenvalue weighted by molar-refractivity contribution is 0.0115. The highest BCUT2D eigenvalue weighted by Crippen LogP contribution is 2.31. The standard InChI is InChI=1S/C28H29F2N9/c1-37-11-13-39(14-12-37)27-24-21(7-9-31-27)33-26(34-24)25-23-22(35-36-25)6-5-20(32-23)19-4-2-3-18(15-19)16-38-10-8-28(29,30)17-38/h2-7,9,15H,8,10-14,16-17H2,1H3,(H,33,34)(H,35,36). The number of hydrogen-bond donors (Lipinski definition) is 2. The third kappa shape index (κ3) is 4.61. The number of aromatic nitrogens is 6. The number of likely N-dealkylation sites (tertiary alicyclic amines) is 1. The Bertz CT molecular complexity index is 1650. The van der Waals surface area contributed by atoms with Gasteiger partial charge in [-0.1, -0.05) is 18.2 Å². The maximum absolute atomic E-state index is 13.7. The molecule has 39 heavy (non-hydrogen) atoms. The van der Waals surface area contributed by atoms with Gasteiger partial charge in [0.25, 0.3) is 5.92 Å². The number of aromatic amines is 2. The van der Waals surface area contributed by atoms with Gasteiger partial charge >= 0.3 is 0 Å². The lowest BCUT2D eigenvalue weighted by atomic mass is 10.1. The van der Waals surface area contributed by atoms with E-state index in [4.69, 9.17) is 9.97 Å². The van der Waals surface area contributed by atoms with Crippen LogP contribution in [0.2, 0.25) is 0 Å². The number of piperazine rings is 1. The minimum atomic E-state index is -2.60. The van der Waals surface area contributed by atoms with E-state index >= 15 is 0 Å². The van der Waals surface area contributed by atoms with Crippen molar-refractivity contribution in [2.24, 2.45) is 0 Å². The molecule has 6 heterocycles. The molecule has 2 saturated heterocycles. The van der Waals surface area contributed by atoms with Crippen molar-refractivity contribution in [2.45, 2.75) is 18.9 Å². The monoisotopic (exact) mass is 529 g/mol. The quantitative estimate of drug-likeness (QED) is 0.353. The summed E-state index contributed by atoms with van der Waals surface area (Å²) in [7, 11) is 2.13. The van der Waals surface area contributed by atoms with E-state index in [0.717, 1.165) is 65.4 Å². The number of anilines is 1. The fourth-order valence-electron chi connectivity index (χ4n) is 5.54. The molecule has 11 heteroatoms. The summed E-state index contributed by atoms with van der Waals surface area (Å²) in [6.45, 7) is 4.48. The van der Waals surface area contributed by atoms with E-state index in [0.29, 0.717) is 30.1 Å². The van der Waals surface area contributed by atoms with Gasteiger partial charge in [0.1, 0.15) is 11.0 Å². The van der Waals surface area contributed by atoms with Gasteiger partial charge in [0, 0.05) is 57.4 Å². The smallest absolute Gasteiger partial charge is 0.261 e. The summed E-state index contributed by atoms with van der Waals surface area (Å²) in [4.78, 5) is 24.3. The molecule has 0 saturated carbocycles. The fraction of sp³-hybridized carbons (Fsp3) is 0.357. The number of benzene rings is 1. The average Bonchev–Trinajstić information content (AvgIpc) is 3.64. The van der Waals surface area contributed by atoms with Crippen LogP contribution < -0.4 is 4.90 Å². The Morgan fingerprint density at radius 3 is 2.64 bits per heavy atom. The molecule has 4 aromatic heterocycles. The molecule has 0 spiro atoms. The number of alkyl halides is 2. The zero-order valence-electron chi connectivity index (χ0n) is 21.7. The lowest BCUT2D eigenvalue weighted by Crippen LogP contribution is -2.44. The van der Waals surface area contributed by atoms with Crippen LogP contribution in [0.25, 0.3) is 44.8 Å². The largest absolute Gasteiger partial charge is 0.352 e. The molecule has 2 fully saturated rings. The zero-order chi connectivity index (χ0) is 26.6. The van der Waals surface area contributed by atoms with Crippen LogP contribution in [0.4, 0.5) is 14.6 Å². The third-order valence-corrected chi connectivity index (χ3v) is 7.69. The summed E-state index contributed by atoms with van der Waals surface area (Å²) in [5.74, 6) is -1.09. The minimum Gasteiger partial charge on any atom is -0.352 e. The van der Waals surface area contributed by atoms with Crippen LogP contribution in [-0.2, 0) is 6.54 Å². The van der Waals surface area contributed by atoms with Crippen LogP contribution in [-0.4, -0.2) is 92.2 Å². The van der Waals surface area contributed by atoms with Crippen molar-refractivity contribution >= 4 is 27.9 Å². The lowest BCUT2D eigenvalue weighted by Gasteiger charge is -2.33. The van der Waals surface area contributed by atoms with Gasteiger partial charge in [0.15, 0.2) is 17.3 Å². The molecule has 9 nitrogen and oxygen atoms in total. The first-order valence-corrected chi connectivity index (χ1v) is 13.3. The van der Waals surface area contributed by atoms with E-state index in [1.54, 1.807) is 4.90 Å². The molecular formula is C28H29F2N9. The molecule has 1 aromatic carbocycles. The Kier molecular flexibility index (Phi) is 5.78. The number of H-pyrrole nitrogens is 2. The normalized spacial score (nSPS) is 18.5. The number of likely N-dealkylation sites (N-methyl/N-ethyl adjacent to an activating group) is 1. The maximum atomic E-state index is 13.7. The topological polar surface area (TPSA) is 92.9 Å². The van der Waals surface area contributed by atoms with E-state index in [9.17, 15) is 8.78 Å². The van der Waals surface area contributed by atoms with Crippen molar-refractivity contribution in [3.05, 3.63) is 54.2 Å². The van der Waals surface area contributed by atoms with Crippen molar-refractivity contribution < 1.29 is 8.78 Å². The van der Waals surface area contributed by atoms with Gasteiger partial charge in [-0.15, -0.1) is 0 Å². The van der Waals surface area contributed by atoms with Crippen LogP contribution >= 0.6 is 0 Å². The number of imidazole rings is 1. The second-order valence-electron chi connectivity index (χ2n) is 10.6. The molecule has 200 valence electrons. The van der Waals surface area contributed by atoms with Crippen molar-refractivity contribution in [2.75, 3.05) is 51.2 Å². The van der Waals surface area contributed by atoms with Gasteiger partial charge < -0.3 is 14.8 Å². The summed E-state index contributed by atoms with van der Waals surface area (Å²) in [6.07, 6.45) is 1.73.